The predicted molar refractivity (Wildman–Crippen MR) is 520 cm³/mol. The third-order valence-corrected chi connectivity index (χ3v) is 22.4. The molecule has 0 saturated heterocycles. The number of aliphatic imine (C=N–C) groups is 2. The van der Waals surface area contributed by atoms with E-state index in [0.29, 0.717) is 40.6 Å². The Morgan fingerprint density at radius 2 is 0.903 bits per heavy atom. The van der Waals surface area contributed by atoms with Gasteiger partial charge < -0.3 is 113 Å². The molecule has 44 nitrogen and oxygen atoms in total. The van der Waals surface area contributed by atoms with Crippen LogP contribution in [0.1, 0.15) is 130 Å². The molecule has 0 radical (unpaired) electrons. The lowest BCUT2D eigenvalue weighted by atomic mass is 9.97. The molecular formula is C100H123N17O27. The van der Waals surface area contributed by atoms with Gasteiger partial charge in [-0.1, -0.05) is 182 Å². The monoisotopic (exact) mass is 1990 g/mol. The van der Waals surface area contributed by atoms with Crippen molar-refractivity contribution in [3.63, 3.8) is 0 Å². The number of fused-ring (bicyclic) bond motifs is 3. The van der Waals surface area contributed by atoms with Crippen LogP contribution in [-0.4, -0.2) is 257 Å². The van der Waals surface area contributed by atoms with Crippen molar-refractivity contribution in [1.29, 1.82) is 0 Å². The Balaban J connectivity index is 1.02. The van der Waals surface area contributed by atoms with Gasteiger partial charge in [0.15, 0.2) is 23.4 Å². The third-order valence-electron chi connectivity index (χ3n) is 22.4. The van der Waals surface area contributed by atoms with E-state index in [9.17, 15) is 68.7 Å². The van der Waals surface area contributed by atoms with Crippen LogP contribution in [0.2, 0.25) is 0 Å². The molecule has 770 valence electrons. The van der Waals surface area contributed by atoms with E-state index in [1.54, 1.807) is 140 Å². The lowest BCUT2D eigenvalue weighted by molar-refractivity contribution is -0.178. The number of alkyl carbamates (subject to hydrolysis) is 1. The van der Waals surface area contributed by atoms with Gasteiger partial charge >= 0.3 is 24.1 Å². The minimum absolute atomic E-state index is 0.0362. The number of hydrogen-bond donors (Lipinski definition) is 17. The number of benzene rings is 7. The van der Waals surface area contributed by atoms with E-state index >= 15 is 28.8 Å². The number of guanidine groups is 1. The Hall–Kier alpha value is -15.6. The maximum atomic E-state index is 15.4. The number of nitrogens with two attached hydrogens (primary N) is 1. The van der Waals surface area contributed by atoms with Crippen LogP contribution in [0.25, 0.3) is 6.08 Å². The predicted octanol–water partition coefficient (Wildman–Crippen LogP) is 2.81. The number of rotatable bonds is 59. The lowest BCUT2D eigenvalue weighted by Gasteiger charge is -2.40. The number of carbonyl (C=O) groups is 15. The molecule has 7 aromatic rings. The Kier molecular flexibility index (Phi) is 46.6. The number of ether oxygens (including phenoxy) is 5. The second-order valence-electron chi connectivity index (χ2n) is 33.3. The molecule has 9 rings (SSSR count). The zero-order valence-corrected chi connectivity index (χ0v) is 79.8. The maximum absolute atomic E-state index is 15.4. The average Bonchev–Trinajstić information content (AvgIpc) is 0.742. The van der Waals surface area contributed by atoms with Crippen LogP contribution in [0.3, 0.4) is 0 Å². The first-order chi connectivity index (χ1) is 69.6. The number of unbranched alkanes of at least 4 members (excludes halogenated alkanes) is 1. The van der Waals surface area contributed by atoms with E-state index in [1.165, 1.54) is 12.0 Å². The summed E-state index contributed by atoms with van der Waals surface area (Å²) in [5.41, 5.74) is 10.7. The zero-order valence-electron chi connectivity index (χ0n) is 79.8. The summed E-state index contributed by atoms with van der Waals surface area (Å²) >= 11 is 0. The normalized spacial score (nSPS) is 14.5. The number of carboxylic acid groups (broad SMARTS) is 1. The number of hydroxylamine groups is 4. The van der Waals surface area contributed by atoms with Crippen molar-refractivity contribution >= 4 is 114 Å². The molecule has 0 bridgehead atoms. The summed E-state index contributed by atoms with van der Waals surface area (Å²) in [7, 11) is 1.17. The van der Waals surface area contributed by atoms with E-state index in [-0.39, 0.29) is 165 Å². The zero-order chi connectivity index (χ0) is 104. The highest BCUT2D eigenvalue weighted by Gasteiger charge is 2.42. The van der Waals surface area contributed by atoms with E-state index < -0.39 is 176 Å². The van der Waals surface area contributed by atoms with Crippen molar-refractivity contribution in [2.75, 3.05) is 57.9 Å². The number of amides is 13. The molecule has 144 heavy (non-hydrogen) atoms. The average molecular weight is 2000 g/mol. The maximum Gasteiger partial charge on any atom is 0.437 e. The molecule has 18 N–H and O–H groups in total. The first kappa shape index (κ1) is 112. The fourth-order valence-corrected chi connectivity index (χ4v) is 14.7. The topological polar surface area (TPSA) is 615 Å². The van der Waals surface area contributed by atoms with Crippen LogP contribution in [0, 0.1) is 0 Å². The van der Waals surface area contributed by atoms with Gasteiger partial charge in [-0.2, -0.15) is 0 Å². The molecule has 2 heterocycles. The number of anilines is 1. The molecule has 44 heteroatoms. The SMILES string of the molecule is COC(=O)CCC(=O)NC1=Cc2cc(OCc3ccccc3)c(OCc3ccccc3)cc2N2C1=NCC[C@H]2C(=O)N[C@H](CO)C(=O)N[C@@H](CCCN/C(=N\C(=O)OCc1ccccc1)NC(=O)OCc1ccccc1)C(=O)N[C@H](CO)C(=O)N[C@@H](CCCN(C=O)OCc1ccccc1)C(=O)N[C@@H](CCCCN)C(=O)N[C@@H](CCCN(C=O)OCc1ccccc1)C(=O)N[C@H](C(=O)N[C@H](C(=O)O)[C@@H](C)O)[C@@H](C)O. The number of aliphatic carboxylic acids is 1. The molecule has 0 saturated carbocycles. The van der Waals surface area contributed by atoms with Crippen LogP contribution < -0.4 is 78.6 Å². The number of amidine groups is 1. The highest BCUT2D eigenvalue weighted by molar-refractivity contribution is 6.20. The smallest absolute Gasteiger partial charge is 0.437 e. The summed E-state index contributed by atoms with van der Waals surface area (Å²) < 4.78 is 28.5. The van der Waals surface area contributed by atoms with Crippen molar-refractivity contribution < 1.29 is 131 Å². The van der Waals surface area contributed by atoms with E-state index in [0.717, 1.165) is 35.1 Å². The number of aliphatic hydroxyl groups is 4. The first-order valence-corrected chi connectivity index (χ1v) is 46.7. The number of esters is 1. The molecule has 0 aromatic heterocycles. The summed E-state index contributed by atoms with van der Waals surface area (Å²) in [6.07, 6.45) is -5.90. The summed E-state index contributed by atoms with van der Waals surface area (Å²) in [5, 5.41) is 82.9. The van der Waals surface area contributed by atoms with Crippen molar-refractivity contribution in [2.24, 2.45) is 15.7 Å². The molecule has 0 fully saturated rings. The highest BCUT2D eigenvalue weighted by atomic mass is 16.7. The van der Waals surface area contributed by atoms with Crippen molar-refractivity contribution in [1.82, 2.24) is 68.6 Å². The molecular weight excluding hydrogens is 1870 g/mol. The molecule has 11 atom stereocenters. The quantitative estimate of drug-likeness (QED) is 0.00496. The van der Waals surface area contributed by atoms with Crippen LogP contribution in [0.15, 0.2) is 210 Å². The van der Waals surface area contributed by atoms with Gasteiger partial charge in [0.05, 0.1) is 50.3 Å². The molecule has 13 amide bonds. The number of aliphatic hydroxyl groups excluding tert-OH is 4. The first-order valence-electron chi connectivity index (χ1n) is 46.7. The molecule has 7 aromatic carbocycles. The van der Waals surface area contributed by atoms with E-state index in [4.69, 9.17) is 44.1 Å². The molecule has 0 unspecified atom stereocenters. The standard InChI is InChI=1S/C100H123N17O27/c1-64(122)86(96(133)112-87(65(2)123)97(134)135)111-92(129)76(42-26-50-116(63-121)144-61-71-37-20-9-21-38-71)106-89(126)73(39-22-23-46-101)105-90(127)75(41-25-49-115(62-120)143-60-70-35-18-8-19-36-70)108-93(130)78(54-118)109-91(128)74(40-24-47-103-98(113-99(136)141-58-68-31-14-6-15-32-68)114-100(137)142-59-69-33-16-7-17-34-69)107-94(131)79(55-119)110-95(132)80-45-48-102-88-77(104-84(124)43-44-85(125)138-3)51-72-52-82(139-56-66-27-10-4-11-28-66)83(53-81(72)117(80)88)140-57-67-29-12-5-13-30-67/h4-21,27-38,51-53,62-65,73-76,78-80,86-87,118-119,122-123H,22-26,39-50,54-61,101H2,1-3H3,(H,104,124)(H,105,127)(H,106,126)(H,107,131)(H,108,130)(H,109,128)(H,110,132)(H,111,129)(H,112,133)(H,134,135)(H2,103,113,114,136,137)/t64-,65-,73+,74+,75+,76+,78-,79-,80+,86+,87+/m1/s1. The Labute approximate surface area is 830 Å². The summed E-state index contributed by atoms with van der Waals surface area (Å²) in [6, 6.07) is 39.8. The third kappa shape index (κ3) is 37.1. The fourth-order valence-electron chi connectivity index (χ4n) is 14.7. The lowest BCUT2D eigenvalue weighted by Crippen LogP contribution is -2.62. The second kappa shape index (κ2) is 59.9. The Morgan fingerprint density at radius 1 is 0.493 bits per heavy atom. The summed E-state index contributed by atoms with van der Waals surface area (Å²) in [5.74, 6) is -12.4. The van der Waals surface area contributed by atoms with Crippen LogP contribution in [0.5, 0.6) is 11.5 Å². The van der Waals surface area contributed by atoms with Crippen molar-refractivity contribution in [3.05, 3.63) is 239 Å². The van der Waals surface area contributed by atoms with Gasteiger partial charge in [0, 0.05) is 44.2 Å². The van der Waals surface area contributed by atoms with Crippen molar-refractivity contribution in [3.8, 4) is 11.5 Å². The number of nitrogens with one attached hydrogen (secondary N) is 11. The van der Waals surface area contributed by atoms with Crippen LogP contribution in [-0.2, 0) is 126 Å². The minimum atomic E-state index is -2.08. The van der Waals surface area contributed by atoms with Gasteiger partial charge in [0.1, 0.15) is 88.0 Å². The number of carboxylic acids is 1. The minimum Gasteiger partial charge on any atom is -0.485 e. The number of hydrogen-bond acceptors (Lipinski definition) is 29. The van der Waals surface area contributed by atoms with Gasteiger partial charge in [-0.25, -0.2) is 24.5 Å². The highest BCUT2D eigenvalue weighted by Crippen LogP contribution is 2.42. The summed E-state index contributed by atoms with van der Waals surface area (Å²) in [6.45, 7) is -1.65. The fraction of sp³-hybridized carbons (Fsp3) is 0.390. The van der Waals surface area contributed by atoms with Gasteiger partial charge in [0.25, 0.3) is 0 Å². The van der Waals surface area contributed by atoms with Crippen molar-refractivity contribution in [2.45, 2.75) is 197 Å². The molecule has 2 aliphatic rings. The molecule has 0 spiro atoms. The van der Waals surface area contributed by atoms with Gasteiger partial charge in [-0.05, 0) is 130 Å². The number of carbonyl (C=O) groups excluding carboxylic acids is 14. The van der Waals surface area contributed by atoms with Crippen LogP contribution >= 0.6 is 0 Å². The Morgan fingerprint density at radius 3 is 1.35 bits per heavy atom. The number of nitrogens with zero attached hydrogens (tertiary/aromatic N) is 5. The van der Waals surface area contributed by atoms with Gasteiger partial charge in [0.2, 0.25) is 71.9 Å². The van der Waals surface area contributed by atoms with E-state index in [1.807, 2.05) is 60.7 Å². The van der Waals surface area contributed by atoms with Gasteiger partial charge in [-0.15, -0.1) is 4.99 Å². The second-order valence-corrected chi connectivity index (χ2v) is 33.3. The van der Waals surface area contributed by atoms with Crippen LogP contribution in [0.4, 0.5) is 15.3 Å². The largest absolute Gasteiger partial charge is 0.485 e. The molecule has 2 aliphatic heterocycles. The number of methoxy groups -OCH3 is 1. The summed E-state index contributed by atoms with van der Waals surface area (Å²) in [4.78, 5) is 231. The molecule has 0 aliphatic carbocycles. The van der Waals surface area contributed by atoms with Gasteiger partial charge in [-0.3, -0.25) is 77.5 Å². The van der Waals surface area contributed by atoms with E-state index in [2.05, 4.69) is 63.5 Å². The Bertz CT molecular complexity index is 5490.